The molecule has 0 saturated carbocycles. The number of aromatic nitrogens is 2. The summed E-state index contributed by atoms with van der Waals surface area (Å²) in [5, 5.41) is 0. The summed E-state index contributed by atoms with van der Waals surface area (Å²) in [5.41, 5.74) is 3.19. The van der Waals surface area contributed by atoms with Crippen molar-refractivity contribution in [2.24, 2.45) is 0 Å². The molecular formula is C17H17N3O2. The smallest absolute Gasteiger partial charge is 0.215 e. The maximum absolute atomic E-state index is 11.2. The molecule has 2 heterocycles. The zero-order valence-corrected chi connectivity index (χ0v) is 12.2. The third-order valence-electron chi connectivity index (χ3n) is 3.46. The van der Waals surface area contributed by atoms with Crippen molar-refractivity contribution in [2.45, 2.75) is 13.0 Å². The standard InChI is InChI=1S/C17H17N3O2/c21-13-20-6-1-2-7-22-11-15-5-3-4-14(8-15)9-16-10-17(20)19-12-18-16/h1-5,8,10,12-13H,6-7,9,11H2. The van der Waals surface area contributed by atoms with E-state index in [1.54, 1.807) is 4.90 Å². The van der Waals surface area contributed by atoms with Crippen molar-refractivity contribution in [3.8, 4) is 0 Å². The molecule has 1 aromatic heterocycles. The number of hydrogen-bond donors (Lipinski definition) is 0. The number of rotatable bonds is 1. The Kier molecular flexibility index (Phi) is 4.56. The van der Waals surface area contributed by atoms with Crippen LogP contribution in [-0.2, 0) is 22.6 Å². The first kappa shape index (κ1) is 14.4. The van der Waals surface area contributed by atoms with Gasteiger partial charge in [-0.3, -0.25) is 9.69 Å². The summed E-state index contributed by atoms with van der Waals surface area (Å²) in [6.07, 6.45) is 6.80. The van der Waals surface area contributed by atoms with Crippen LogP contribution in [-0.4, -0.2) is 29.5 Å². The maximum Gasteiger partial charge on any atom is 0.215 e. The normalized spacial score (nSPS) is 15.2. The molecule has 0 aliphatic carbocycles. The van der Waals surface area contributed by atoms with Gasteiger partial charge in [-0.25, -0.2) is 9.97 Å². The van der Waals surface area contributed by atoms with Crippen LogP contribution in [0.25, 0.3) is 0 Å². The molecule has 1 aromatic carbocycles. The molecule has 0 N–H and O–H groups in total. The van der Waals surface area contributed by atoms with Gasteiger partial charge in [0.25, 0.3) is 0 Å². The molecule has 2 aromatic rings. The summed E-state index contributed by atoms with van der Waals surface area (Å²) in [5.74, 6) is 0.610. The van der Waals surface area contributed by atoms with E-state index >= 15 is 0 Å². The Morgan fingerprint density at radius 2 is 2.05 bits per heavy atom. The van der Waals surface area contributed by atoms with Crippen LogP contribution in [0.1, 0.15) is 16.8 Å². The van der Waals surface area contributed by atoms with Crippen molar-refractivity contribution in [1.82, 2.24) is 9.97 Å². The van der Waals surface area contributed by atoms with Crippen molar-refractivity contribution in [2.75, 3.05) is 18.1 Å². The van der Waals surface area contributed by atoms with Crippen LogP contribution in [0.2, 0.25) is 0 Å². The molecule has 0 unspecified atom stereocenters. The van der Waals surface area contributed by atoms with Crippen LogP contribution in [0.5, 0.6) is 0 Å². The van der Waals surface area contributed by atoms with Gasteiger partial charge in [0.05, 0.1) is 18.9 Å². The number of carbonyl (C=O) groups is 1. The zero-order chi connectivity index (χ0) is 15.2. The molecule has 0 spiro atoms. The summed E-state index contributed by atoms with van der Waals surface area (Å²) in [7, 11) is 0. The van der Waals surface area contributed by atoms with Gasteiger partial charge < -0.3 is 4.74 Å². The number of amides is 1. The molecule has 0 radical (unpaired) electrons. The number of nitrogens with zero attached hydrogens (tertiary/aromatic N) is 3. The molecule has 0 atom stereocenters. The highest BCUT2D eigenvalue weighted by Crippen LogP contribution is 2.15. The van der Waals surface area contributed by atoms with Crippen LogP contribution in [0.4, 0.5) is 5.82 Å². The molecule has 22 heavy (non-hydrogen) atoms. The molecule has 1 aliphatic rings. The number of benzene rings is 1. The quantitative estimate of drug-likeness (QED) is 0.597. The van der Waals surface area contributed by atoms with Crippen LogP contribution >= 0.6 is 0 Å². The monoisotopic (exact) mass is 295 g/mol. The highest BCUT2D eigenvalue weighted by Gasteiger charge is 2.08. The summed E-state index contributed by atoms with van der Waals surface area (Å²) < 4.78 is 5.61. The largest absolute Gasteiger partial charge is 0.373 e. The van der Waals surface area contributed by atoms with E-state index in [2.05, 4.69) is 28.2 Å². The van der Waals surface area contributed by atoms with Crippen LogP contribution in [0, 0.1) is 0 Å². The minimum Gasteiger partial charge on any atom is -0.373 e. The lowest BCUT2D eigenvalue weighted by atomic mass is 10.1. The molecule has 3 rings (SSSR count). The van der Waals surface area contributed by atoms with Gasteiger partial charge in [-0.1, -0.05) is 36.4 Å². The van der Waals surface area contributed by atoms with E-state index in [0.29, 0.717) is 32.0 Å². The Morgan fingerprint density at radius 1 is 1.14 bits per heavy atom. The number of carbonyl (C=O) groups excluding carboxylic acids is 1. The van der Waals surface area contributed by atoms with E-state index in [1.807, 2.05) is 24.3 Å². The van der Waals surface area contributed by atoms with Crippen molar-refractivity contribution in [1.29, 1.82) is 0 Å². The average molecular weight is 295 g/mol. The molecular weight excluding hydrogens is 278 g/mol. The first-order chi connectivity index (χ1) is 10.8. The Labute approximate surface area is 129 Å². The predicted octanol–water partition coefficient (Wildman–Crippen LogP) is 2.12. The topological polar surface area (TPSA) is 55.3 Å². The second-order valence-corrected chi connectivity index (χ2v) is 5.11. The van der Waals surface area contributed by atoms with Gasteiger partial charge >= 0.3 is 0 Å². The third kappa shape index (κ3) is 3.56. The van der Waals surface area contributed by atoms with Gasteiger partial charge in [-0.2, -0.15) is 0 Å². The molecule has 1 aliphatic heterocycles. The molecule has 112 valence electrons. The van der Waals surface area contributed by atoms with Crippen LogP contribution < -0.4 is 4.90 Å². The van der Waals surface area contributed by atoms with Gasteiger partial charge in [0.15, 0.2) is 0 Å². The van der Waals surface area contributed by atoms with Gasteiger partial charge in [-0.15, -0.1) is 0 Å². The molecule has 0 saturated heterocycles. The van der Waals surface area contributed by atoms with Gasteiger partial charge in [0.2, 0.25) is 6.41 Å². The van der Waals surface area contributed by atoms with Gasteiger partial charge in [-0.05, 0) is 11.1 Å². The minimum atomic E-state index is 0.467. The van der Waals surface area contributed by atoms with Crippen LogP contribution in [0.3, 0.4) is 0 Å². The lowest BCUT2D eigenvalue weighted by molar-refractivity contribution is -0.107. The van der Waals surface area contributed by atoms with Gasteiger partial charge in [0, 0.05) is 19.0 Å². The van der Waals surface area contributed by atoms with E-state index in [0.717, 1.165) is 23.2 Å². The van der Waals surface area contributed by atoms with Crippen molar-refractivity contribution >= 4 is 12.2 Å². The second kappa shape index (κ2) is 6.95. The van der Waals surface area contributed by atoms with E-state index in [-0.39, 0.29) is 0 Å². The zero-order valence-electron chi connectivity index (χ0n) is 12.2. The van der Waals surface area contributed by atoms with E-state index < -0.39 is 0 Å². The highest BCUT2D eigenvalue weighted by molar-refractivity contribution is 5.73. The molecule has 5 nitrogen and oxygen atoms in total. The SMILES string of the molecule is O=CN1CC=CCOCc2cccc(c2)Cc2cc1ncn2. The predicted molar refractivity (Wildman–Crippen MR) is 83.5 cm³/mol. The Hall–Kier alpha value is -2.53. The Balaban J connectivity index is 1.95. The average Bonchev–Trinajstić information content (AvgIpc) is 2.54. The fraction of sp³-hybridized carbons (Fsp3) is 0.235. The lowest BCUT2D eigenvalue weighted by Gasteiger charge is -2.15. The van der Waals surface area contributed by atoms with E-state index in [4.69, 9.17) is 4.74 Å². The van der Waals surface area contributed by atoms with Crippen LogP contribution in [0.15, 0.2) is 48.8 Å². The third-order valence-corrected chi connectivity index (χ3v) is 3.46. The molecule has 0 fully saturated rings. The Morgan fingerprint density at radius 3 is 2.95 bits per heavy atom. The molecule has 5 heteroatoms. The van der Waals surface area contributed by atoms with Crippen molar-refractivity contribution < 1.29 is 9.53 Å². The second-order valence-electron chi connectivity index (χ2n) is 5.11. The first-order valence-corrected chi connectivity index (χ1v) is 7.18. The number of fused-ring (bicyclic) bond motifs is 4. The molecule has 1 amide bonds. The van der Waals surface area contributed by atoms with Crippen molar-refractivity contribution in [3.63, 3.8) is 0 Å². The summed E-state index contributed by atoms with van der Waals surface area (Å²) in [4.78, 5) is 21.3. The summed E-state index contributed by atoms with van der Waals surface area (Å²) >= 11 is 0. The van der Waals surface area contributed by atoms with Gasteiger partial charge in [0.1, 0.15) is 12.1 Å². The van der Waals surface area contributed by atoms with E-state index in [1.165, 1.54) is 6.33 Å². The summed E-state index contributed by atoms with van der Waals surface area (Å²) in [6.45, 7) is 1.56. The van der Waals surface area contributed by atoms with E-state index in [9.17, 15) is 4.79 Å². The first-order valence-electron chi connectivity index (χ1n) is 7.18. The number of anilines is 1. The maximum atomic E-state index is 11.2. The molecule has 4 bridgehead atoms. The van der Waals surface area contributed by atoms with Crippen molar-refractivity contribution in [3.05, 3.63) is 65.6 Å². The minimum absolute atomic E-state index is 0.467. The Bertz CT molecular complexity index is 685. The number of ether oxygens (including phenoxy) is 1. The fourth-order valence-electron chi connectivity index (χ4n) is 2.37. The number of hydrogen-bond acceptors (Lipinski definition) is 4. The lowest BCUT2D eigenvalue weighted by Crippen LogP contribution is -2.22. The summed E-state index contributed by atoms with van der Waals surface area (Å²) in [6, 6.07) is 10.1. The fourth-order valence-corrected chi connectivity index (χ4v) is 2.37. The highest BCUT2D eigenvalue weighted by atomic mass is 16.5.